The molecule has 0 spiro atoms. The fourth-order valence-corrected chi connectivity index (χ4v) is 2.66. The first kappa shape index (κ1) is 27.4. The minimum Gasteiger partial charge on any atom is -0.427 e. The molecule has 1 aromatic carbocycles. The molecule has 0 saturated heterocycles. The minimum absolute atomic E-state index is 0. The van der Waals surface area contributed by atoms with Crippen molar-refractivity contribution in [2.45, 2.75) is 53.2 Å². The Morgan fingerprint density at radius 1 is 1.19 bits per heavy atom. The van der Waals surface area contributed by atoms with E-state index >= 15 is 0 Å². The van der Waals surface area contributed by atoms with Gasteiger partial charge >= 0.3 is 5.97 Å². The average molecular weight is 394 g/mol. The van der Waals surface area contributed by atoms with Crippen LogP contribution in [0.1, 0.15) is 54.5 Å². The first-order valence-electron chi connectivity index (χ1n) is 9.78. The number of carbonyl (C=O) groups is 1. The Morgan fingerprint density at radius 2 is 1.81 bits per heavy atom. The molecule has 154 valence electrons. The van der Waals surface area contributed by atoms with Crippen LogP contribution in [0.4, 0.5) is 0 Å². The quantitative estimate of drug-likeness (QED) is 0.195. The molecule has 0 saturated carbocycles. The Bertz CT molecular complexity index is 542. The molecule has 1 aromatic rings. The minimum atomic E-state index is -0.187. The van der Waals surface area contributed by atoms with Gasteiger partial charge in [-0.15, -0.1) is 11.8 Å². The van der Waals surface area contributed by atoms with Crippen molar-refractivity contribution in [3.63, 3.8) is 0 Å². The van der Waals surface area contributed by atoms with E-state index in [9.17, 15) is 4.79 Å². The smallest absolute Gasteiger partial charge is 0.311 e. The molecule has 0 aliphatic heterocycles. The van der Waals surface area contributed by atoms with Gasteiger partial charge in [-0.1, -0.05) is 72.1 Å². The summed E-state index contributed by atoms with van der Waals surface area (Å²) in [5, 5.41) is 3.18. The van der Waals surface area contributed by atoms with Crippen LogP contribution < -0.4 is 10.1 Å². The van der Waals surface area contributed by atoms with Crippen LogP contribution in [0.5, 0.6) is 5.75 Å². The van der Waals surface area contributed by atoms with E-state index in [-0.39, 0.29) is 7.40 Å². The van der Waals surface area contributed by atoms with Gasteiger partial charge in [0.05, 0.1) is 0 Å². The van der Waals surface area contributed by atoms with Crippen LogP contribution in [0.25, 0.3) is 0 Å². The number of carbonyl (C=O) groups excluding carboxylic acids is 1. The van der Waals surface area contributed by atoms with Crippen LogP contribution in [-0.4, -0.2) is 19.1 Å². The van der Waals surface area contributed by atoms with Crippen molar-refractivity contribution in [1.82, 2.24) is 5.32 Å². The Labute approximate surface area is 172 Å². The van der Waals surface area contributed by atoms with E-state index in [1.165, 1.54) is 5.56 Å². The third-order valence-electron chi connectivity index (χ3n) is 3.03. The highest BCUT2D eigenvalue weighted by Crippen LogP contribution is 2.23. The Kier molecular flexibility index (Phi) is 20.9. The number of hydrogen-bond acceptors (Lipinski definition) is 4. The molecule has 0 unspecified atom stereocenters. The predicted octanol–water partition coefficient (Wildman–Crippen LogP) is 6.77. The number of hydrogen-bond donors (Lipinski definition) is 1. The fourth-order valence-electron chi connectivity index (χ4n) is 1.83. The summed E-state index contributed by atoms with van der Waals surface area (Å²) >= 11 is 1.69. The van der Waals surface area contributed by atoms with Gasteiger partial charge in [0.2, 0.25) is 0 Å². The van der Waals surface area contributed by atoms with Gasteiger partial charge in [-0.3, -0.25) is 4.79 Å². The third-order valence-corrected chi connectivity index (χ3v) is 4.14. The average Bonchev–Trinajstić information content (AvgIpc) is 2.72. The lowest BCUT2D eigenvalue weighted by Gasteiger charge is -2.06. The van der Waals surface area contributed by atoms with Crippen LogP contribution in [0.2, 0.25) is 0 Å². The molecule has 27 heavy (non-hydrogen) atoms. The molecular weight excluding hydrogens is 354 g/mol. The molecule has 0 radical (unpaired) electrons. The number of allylic oxidation sites excluding steroid dienone is 3. The van der Waals surface area contributed by atoms with Gasteiger partial charge in [0, 0.05) is 18.5 Å². The van der Waals surface area contributed by atoms with Gasteiger partial charge in [0.15, 0.2) is 0 Å². The second kappa shape index (κ2) is 20.5. The molecular formula is C23H39NO2S. The zero-order valence-corrected chi connectivity index (χ0v) is 18.5. The van der Waals surface area contributed by atoms with Gasteiger partial charge in [-0.2, -0.15) is 0 Å². The molecule has 0 fully saturated rings. The number of rotatable bonds is 11. The van der Waals surface area contributed by atoms with Crippen LogP contribution >= 0.6 is 11.8 Å². The van der Waals surface area contributed by atoms with Gasteiger partial charge in [-0.05, 0) is 43.3 Å². The third kappa shape index (κ3) is 15.0. The van der Waals surface area contributed by atoms with Crippen molar-refractivity contribution in [1.29, 1.82) is 0 Å². The van der Waals surface area contributed by atoms with Gasteiger partial charge in [0.1, 0.15) is 5.75 Å². The van der Waals surface area contributed by atoms with E-state index in [1.54, 1.807) is 17.8 Å². The standard InChI is InChI=1S/C19H25NO2S.2C2H6.H2/c1-4-8-18(5-2)23-15-16-10-12-17(13-11-16)22-19(21)9-7-14-20-6-3;2*1-2;/h4-5,8,10-13,20H,1-2,6-7,9,14-15H2,3H3;2*1-2H3;1H/b18-8+;;;. The number of thioether (sulfide) groups is 1. The molecule has 0 aliphatic carbocycles. The highest BCUT2D eigenvalue weighted by molar-refractivity contribution is 8.02. The number of nitrogens with one attached hydrogen (secondary N) is 1. The van der Waals surface area contributed by atoms with Crippen molar-refractivity contribution < 1.29 is 11.0 Å². The van der Waals surface area contributed by atoms with Gasteiger partial charge < -0.3 is 10.1 Å². The Hall–Kier alpha value is -1.78. The summed E-state index contributed by atoms with van der Waals surface area (Å²) in [6.45, 7) is 19.3. The highest BCUT2D eigenvalue weighted by atomic mass is 32.2. The highest BCUT2D eigenvalue weighted by Gasteiger charge is 2.05. The Morgan fingerprint density at radius 3 is 2.33 bits per heavy atom. The van der Waals surface area contributed by atoms with Crippen LogP contribution in [0.15, 0.2) is 60.6 Å². The molecule has 1 N–H and O–H groups in total. The molecule has 0 heterocycles. The maximum atomic E-state index is 11.7. The largest absolute Gasteiger partial charge is 0.427 e. The van der Waals surface area contributed by atoms with Crippen molar-refractivity contribution in [3.8, 4) is 5.75 Å². The molecule has 1 rings (SSSR count). The molecule has 4 heteroatoms. The predicted molar refractivity (Wildman–Crippen MR) is 124 cm³/mol. The lowest BCUT2D eigenvalue weighted by molar-refractivity contribution is -0.134. The van der Waals surface area contributed by atoms with Crippen LogP contribution in [0, 0.1) is 0 Å². The molecule has 0 atom stereocenters. The van der Waals surface area contributed by atoms with Gasteiger partial charge in [-0.25, -0.2) is 0 Å². The van der Waals surface area contributed by atoms with E-state index < -0.39 is 0 Å². The number of ether oxygens (including phenoxy) is 1. The summed E-state index contributed by atoms with van der Waals surface area (Å²) in [7, 11) is 0. The van der Waals surface area contributed by atoms with Crippen molar-refractivity contribution in [2.24, 2.45) is 0 Å². The molecule has 0 aromatic heterocycles. The van der Waals surface area contributed by atoms with E-state index in [0.717, 1.165) is 30.2 Å². The maximum Gasteiger partial charge on any atom is 0.311 e. The van der Waals surface area contributed by atoms with Crippen molar-refractivity contribution >= 4 is 17.7 Å². The van der Waals surface area contributed by atoms with Crippen molar-refractivity contribution in [3.05, 3.63) is 66.1 Å². The summed E-state index contributed by atoms with van der Waals surface area (Å²) < 4.78 is 5.32. The lowest BCUT2D eigenvalue weighted by Crippen LogP contribution is -2.16. The van der Waals surface area contributed by atoms with Crippen LogP contribution in [-0.2, 0) is 10.5 Å². The van der Waals surface area contributed by atoms with Crippen LogP contribution in [0.3, 0.4) is 0 Å². The normalized spacial score (nSPS) is 9.89. The summed E-state index contributed by atoms with van der Waals surface area (Å²) in [5.41, 5.74) is 1.17. The first-order valence-corrected chi connectivity index (χ1v) is 10.8. The number of esters is 1. The topological polar surface area (TPSA) is 38.3 Å². The summed E-state index contributed by atoms with van der Waals surface area (Å²) in [6.07, 6.45) is 6.72. The summed E-state index contributed by atoms with van der Waals surface area (Å²) in [5.74, 6) is 1.24. The molecule has 0 amide bonds. The van der Waals surface area contributed by atoms with E-state index in [0.29, 0.717) is 12.2 Å². The maximum absolute atomic E-state index is 11.7. The monoisotopic (exact) mass is 393 g/mol. The fraction of sp³-hybridized carbons (Fsp3) is 0.435. The second-order valence-corrected chi connectivity index (χ2v) is 5.92. The second-order valence-electron chi connectivity index (χ2n) is 4.87. The lowest BCUT2D eigenvalue weighted by atomic mass is 10.2. The zero-order chi connectivity index (χ0) is 20.9. The summed E-state index contributed by atoms with van der Waals surface area (Å²) in [4.78, 5) is 12.8. The summed E-state index contributed by atoms with van der Waals surface area (Å²) in [6, 6.07) is 7.62. The van der Waals surface area contributed by atoms with E-state index in [1.807, 2.05) is 71.0 Å². The zero-order valence-electron chi connectivity index (χ0n) is 17.7. The van der Waals surface area contributed by atoms with E-state index in [2.05, 4.69) is 18.5 Å². The van der Waals surface area contributed by atoms with E-state index in [4.69, 9.17) is 4.74 Å². The van der Waals surface area contributed by atoms with Crippen molar-refractivity contribution in [2.75, 3.05) is 13.1 Å². The molecule has 3 nitrogen and oxygen atoms in total. The number of benzene rings is 1. The first-order chi connectivity index (χ1) is 13.2. The Balaban J connectivity index is -0.00000117. The molecule has 0 aliphatic rings. The van der Waals surface area contributed by atoms with Gasteiger partial charge in [0.25, 0.3) is 0 Å². The SMILES string of the molecule is C=C/C=C(\C=C)SCc1ccc(OC(=O)CCCNCC)cc1.CC.CC.[HH]. The molecule has 0 bridgehead atoms.